The molecule has 72 heavy (non-hydrogen) atoms. The second-order valence-corrected chi connectivity index (χ2v) is 24.8. The van der Waals surface area contributed by atoms with Gasteiger partial charge in [0, 0.05) is 72.2 Å². The molecule has 0 saturated carbocycles. The Morgan fingerprint density at radius 3 is 1.57 bits per heavy atom. The minimum Gasteiger partial charge on any atom is -0.509 e. The Balaban J connectivity index is 0.00000693. The molecule has 8 aromatic rings. The number of allylic oxidation sites excluding steroid dienone is 2. The first-order valence-corrected chi connectivity index (χ1v) is 25.4. The summed E-state index contributed by atoms with van der Waals surface area (Å²) < 4.78 is 9.32. The fraction of sp³-hybridized carbons (Fsp3) is 0.333. The van der Waals surface area contributed by atoms with Crippen LogP contribution >= 0.6 is 0 Å². The molecule has 6 heteroatoms. The van der Waals surface area contributed by atoms with E-state index in [1.807, 2.05) is 12.3 Å². The van der Waals surface area contributed by atoms with Gasteiger partial charge in [-0.2, -0.15) is 6.07 Å². The molecule has 0 spiro atoms. The summed E-state index contributed by atoms with van der Waals surface area (Å²) >= 11 is 0. The van der Waals surface area contributed by atoms with Crippen LogP contribution in [0, 0.1) is 18.8 Å². The van der Waals surface area contributed by atoms with Crippen molar-refractivity contribution in [3.63, 3.8) is 0 Å². The van der Waals surface area contributed by atoms with Crippen molar-refractivity contribution in [3.05, 3.63) is 209 Å². The van der Waals surface area contributed by atoms with Gasteiger partial charge in [-0.1, -0.05) is 207 Å². The molecular weight excluding hydrogens is 1060 g/mol. The van der Waals surface area contributed by atoms with Crippen molar-refractivity contribution in [2.75, 3.05) is 9.80 Å². The van der Waals surface area contributed by atoms with Gasteiger partial charge in [-0.3, -0.25) is 0 Å². The first-order chi connectivity index (χ1) is 33.2. The molecule has 1 aliphatic rings. The molecule has 0 bridgehead atoms. The maximum Gasteiger partial charge on any atom is 0.135 e. The molecule has 0 saturated heterocycles. The summed E-state index contributed by atoms with van der Waals surface area (Å²) in [5, 5.41) is 2.32. The van der Waals surface area contributed by atoms with Gasteiger partial charge in [-0.05, 0) is 85.2 Å². The van der Waals surface area contributed by atoms with Crippen LogP contribution in [0.5, 0.6) is 11.5 Å². The summed E-state index contributed by atoms with van der Waals surface area (Å²) in [6.07, 6.45) is 1.93. The van der Waals surface area contributed by atoms with E-state index >= 15 is 0 Å². The van der Waals surface area contributed by atoms with Crippen LogP contribution in [0.3, 0.4) is 0 Å². The summed E-state index contributed by atoms with van der Waals surface area (Å²) in [5.74, 6) is 2.08. The number of benzene rings is 6. The number of hydrogen-bond donors (Lipinski definition) is 0. The van der Waals surface area contributed by atoms with Crippen LogP contribution in [0.4, 0.5) is 11.4 Å². The number of fused-ring (bicyclic) bond motifs is 3. The number of hydrogen-bond acceptors (Lipinski definition) is 4. The average molecular weight is 1130 g/mol. The van der Waals surface area contributed by atoms with Gasteiger partial charge in [0.1, 0.15) is 5.82 Å². The zero-order valence-electron chi connectivity index (χ0n) is 45.4. The predicted molar refractivity (Wildman–Crippen MR) is 299 cm³/mol. The second-order valence-electron chi connectivity index (χ2n) is 24.8. The third-order valence-electron chi connectivity index (χ3n) is 14.6. The molecule has 1 aliphatic heterocycles. The molecule has 0 atom stereocenters. The SMILES string of the molecule is CC(C)(C)c1cc(N2[CH-]N(c3[c-]c(Oc4[c-]c5c(c(C(C)(C)C)c4)c4ccccc4n5-c4cc(C(C)(C)C)ccn4)ccc3)C(C(C)(C)c3ccccc3)=C2C(C)(C)c2ccccc2)cc(C(C)(C)C)c1.[Pt]. The second kappa shape index (κ2) is 18.9. The smallest absolute Gasteiger partial charge is 0.135 e. The van der Waals surface area contributed by atoms with Gasteiger partial charge >= 0.3 is 0 Å². The Morgan fingerprint density at radius 1 is 0.472 bits per heavy atom. The molecule has 0 unspecified atom stereocenters. The monoisotopic (exact) mass is 1130 g/mol. The Kier molecular flexibility index (Phi) is 13.7. The van der Waals surface area contributed by atoms with E-state index < -0.39 is 10.8 Å². The number of nitrogens with zero attached hydrogens (tertiary/aromatic N) is 4. The zero-order valence-corrected chi connectivity index (χ0v) is 47.7. The topological polar surface area (TPSA) is 33.5 Å². The number of rotatable bonds is 9. The van der Waals surface area contributed by atoms with Crippen molar-refractivity contribution < 1.29 is 25.8 Å². The number of para-hydroxylation sites is 1. The van der Waals surface area contributed by atoms with Gasteiger partial charge in [-0.25, -0.2) is 4.98 Å². The van der Waals surface area contributed by atoms with Gasteiger partial charge in [0.15, 0.2) is 0 Å². The van der Waals surface area contributed by atoms with Crippen molar-refractivity contribution in [2.45, 2.75) is 143 Å². The van der Waals surface area contributed by atoms with Crippen molar-refractivity contribution >= 4 is 33.2 Å². The van der Waals surface area contributed by atoms with Crippen molar-refractivity contribution in [3.8, 4) is 17.3 Å². The van der Waals surface area contributed by atoms with Crippen LogP contribution in [0.25, 0.3) is 27.6 Å². The number of anilines is 2. The predicted octanol–water partition coefficient (Wildman–Crippen LogP) is 17.4. The third-order valence-corrected chi connectivity index (χ3v) is 14.6. The van der Waals surface area contributed by atoms with Crippen molar-refractivity contribution in [1.29, 1.82) is 0 Å². The van der Waals surface area contributed by atoms with E-state index in [1.54, 1.807) is 0 Å². The summed E-state index contributed by atoms with van der Waals surface area (Å²) in [5.41, 5.74) is 12.5. The molecular formula is C66H73N4OPt-3. The normalized spacial score (nSPS) is 14.1. The number of ether oxygens (including phenoxy) is 1. The van der Waals surface area contributed by atoms with E-state index in [4.69, 9.17) is 9.72 Å². The summed E-state index contributed by atoms with van der Waals surface area (Å²) in [4.78, 5) is 9.83. The van der Waals surface area contributed by atoms with Crippen molar-refractivity contribution in [2.24, 2.45) is 0 Å². The maximum absolute atomic E-state index is 7.06. The average Bonchev–Trinajstić information content (AvgIpc) is 3.89. The number of aromatic nitrogens is 2. The Hall–Kier alpha value is -5.90. The van der Waals surface area contributed by atoms with Crippen LogP contribution in [0.15, 0.2) is 157 Å². The zero-order chi connectivity index (χ0) is 51.1. The van der Waals surface area contributed by atoms with Crippen molar-refractivity contribution in [1.82, 2.24) is 9.55 Å². The molecule has 5 nitrogen and oxygen atoms in total. The minimum absolute atomic E-state index is 0. The van der Waals surface area contributed by atoms with E-state index in [1.165, 1.54) is 44.8 Å². The molecule has 6 aromatic carbocycles. The minimum atomic E-state index is -0.473. The molecule has 376 valence electrons. The molecule has 2 aromatic heterocycles. The maximum atomic E-state index is 7.06. The first-order valence-electron chi connectivity index (χ1n) is 25.4. The van der Waals surface area contributed by atoms with Gasteiger partial charge in [-0.15, -0.1) is 48.3 Å². The van der Waals surface area contributed by atoms with E-state index in [9.17, 15) is 0 Å². The van der Waals surface area contributed by atoms with Crippen LogP contribution in [-0.4, -0.2) is 9.55 Å². The molecule has 0 N–H and O–H groups in total. The molecule has 3 heterocycles. The van der Waals surface area contributed by atoms with Crippen LogP contribution in [-0.2, 0) is 53.6 Å². The molecule has 9 rings (SSSR count). The first kappa shape index (κ1) is 52.4. The summed E-state index contributed by atoms with van der Waals surface area (Å²) in [7, 11) is 0. The van der Waals surface area contributed by atoms with E-state index in [0.29, 0.717) is 11.5 Å². The van der Waals surface area contributed by atoms with Crippen LogP contribution < -0.4 is 14.5 Å². The van der Waals surface area contributed by atoms with E-state index in [2.05, 4.69) is 277 Å². The van der Waals surface area contributed by atoms with E-state index in [-0.39, 0.29) is 42.7 Å². The molecule has 0 aliphatic carbocycles. The summed E-state index contributed by atoms with van der Waals surface area (Å²) in [6, 6.07) is 58.1. The Labute approximate surface area is 445 Å². The standard InChI is InChI=1S/C66H73N4O.Pt/c1-61(2,3)46-34-35-67-57(39-46)70-55-33-24-23-32-53(55)58-54(64(10,11)12)41-52(42-56(58)70)71-51-31-25-30-49(40-51)68-43-69(50-37-47(62(4,5)6)36-48(38-50)63(7,8)9)60(66(15,16)45-28-21-18-22-29-45)59(68)65(13,14)44-26-19-17-20-27-44;/h17-39,41,43H,1-16H3;/q-3;. The fourth-order valence-corrected chi connectivity index (χ4v) is 10.3. The van der Waals surface area contributed by atoms with Gasteiger partial charge < -0.3 is 19.1 Å². The number of pyridine rings is 1. The fourth-order valence-electron chi connectivity index (χ4n) is 10.3. The van der Waals surface area contributed by atoms with Crippen LogP contribution in [0.1, 0.15) is 144 Å². The quantitative estimate of drug-likeness (QED) is 0.135. The van der Waals surface area contributed by atoms with Crippen LogP contribution in [0.2, 0.25) is 0 Å². The molecule has 0 radical (unpaired) electrons. The largest absolute Gasteiger partial charge is 0.509 e. The van der Waals surface area contributed by atoms with E-state index in [0.717, 1.165) is 39.0 Å². The Bertz CT molecular complexity index is 3260. The summed E-state index contributed by atoms with van der Waals surface area (Å²) in [6.45, 7) is 39.2. The Morgan fingerprint density at radius 2 is 1.01 bits per heavy atom. The van der Waals surface area contributed by atoms with Gasteiger partial charge in [0.05, 0.1) is 0 Å². The third kappa shape index (κ3) is 9.83. The van der Waals surface area contributed by atoms with Gasteiger partial charge in [0.25, 0.3) is 0 Å². The molecule has 0 fully saturated rings. The molecule has 0 amide bonds. The van der Waals surface area contributed by atoms with Gasteiger partial charge in [0.2, 0.25) is 0 Å².